The molecule has 3 aromatic rings. The second-order valence-corrected chi connectivity index (χ2v) is 5.10. The predicted molar refractivity (Wildman–Crippen MR) is 78.9 cm³/mol. The van der Waals surface area contributed by atoms with Crippen LogP contribution in [0.5, 0.6) is 0 Å². The normalized spacial score (nSPS) is 10.4. The zero-order valence-electron chi connectivity index (χ0n) is 10.4. The molecule has 0 amide bonds. The summed E-state index contributed by atoms with van der Waals surface area (Å²) in [6.07, 6.45) is 3.60. The number of benzene rings is 1. The molecule has 7 heteroatoms. The zero-order chi connectivity index (χ0) is 13.8. The van der Waals surface area contributed by atoms with Gasteiger partial charge in [-0.3, -0.25) is 4.98 Å². The van der Waals surface area contributed by atoms with Crippen LogP contribution in [0, 0.1) is 0 Å². The summed E-state index contributed by atoms with van der Waals surface area (Å²) in [7, 11) is 0. The lowest BCUT2D eigenvalue weighted by molar-refractivity contribution is 0.881. The number of nitrogens with one attached hydrogen (secondary N) is 2. The summed E-state index contributed by atoms with van der Waals surface area (Å²) in [5, 5.41) is 17.3. The number of anilines is 1. The van der Waals surface area contributed by atoms with Gasteiger partial charge in [0.05, 0.1) is 0 Å². The van der Waals surface area contributed by atoms with Crippen LogP contribution in [0.3, 0.4) is 0 Å². The van der Waals surface area contributed by atoms with Gasteiger partial charge in [-0.2, -0.15) is 5.21 Å². The van der Waals surface area contributed by atoms with Crippen molar-refractivity contribution >= 4 is 21.6 Å². The summed E-state index contributed by atoms with van der Waals surface area (Å²) in [6, 6.07) is 9.90. The Balaban J connectivity index is 1.73. The summed E-state index contributed by atoms with van der Waals surface area (Å²) in [5.74, 6) is 0.581. The van der Waals surface area contributed by atoms with Crippen LogP contribution in [0.2, 0.25) is 0 Å². The van der Waals surface area contributed by atoms with Crippen molar-refractivity contribution in [3.63, 3.8) is 0 Å². The Morgan fingerprint density at radius 3 is 2.95 bits per heavy atom. The molecule has 1 aromatic carbocycles. The number of nitrogens with zero attached hydrogens (tertiary/aromatic N) is 4. The van der Waals surface area contributed by atoms with Crippen LogP contribution in [0.15, 0.2) is 47.2 Å². The van der Waals surface area contributed by atoms with Gasteiger partial charge in [-0.05, 0) is 44.9 Å². The molecule has 0 saturated carbocycles. The van der Waals surface area contributed by atoms with E-state index in [2.05, 4.69) is 46.9 Å². The Hall–Kier alpha value is -2.28. The number of tetrazole rings is 1. The van der Waals surface area contributed by atoms with E-state index in [9.17, 15) is 0 Å². The summed E-state index contributed by atoms with van der Waals surface area (Å²) >= 11 is 3.41. The van der Waals surface area contributed by atoms with Crippen molar-refractivity contribution in [1.82, 2.24) is 25.6 Å². The van der Waals surface area contributed by atoms with Gasteiger partial charge in [-0.15, -0.1) is 10.2 Å². The van der Waals surface area contributed by atoms with Crippen LogP contribution < -0.4 is 5.32 Å². The lowest BCUT2D eigenvalue weighted by Gasteiger charge is -2.07. The standard InChI is InChI=1S/C13H11BrN6/c14-11-4-9(6-15-8-11)7-16-12-3-1-2-10(5-12)13-17-19-20-18-13/h1-6,8,16H,7H2,(H,17,18,19,20). The molecule has 2 aromatic heterocycles. The topological polar surface area (TPSA) is 79.4 Å². The van der Waals surface area contributed by atoms with Crippen LogP contribution in [0.1, 0.15) is 5.56 Å². The lowest BCUT2D eigenvalue weighted by atomic mass is 10.2. The van der Waals surface area contributed by atoms with Crippen molar-refractivity contribution < 1.29 is 0 Å². The number of pyridine rings is 1. The Kier molecular flexibility index (Phi) is 3.69. The van der Waals surface area contributed by atoms with E-state index in [1.807, 2.05) is 36.5 Å². The molecule has 0 aliphatic carbocycles. The summed E-state index contributed by atoms with van der Waals surface area (Å²) in [4.78, 5) is 4.14. The molecule has 0 fully saturated rings. The predicted octanol–water partition coefficient (Wildman–Crippen LogP) is 2.64. The second kappa shape index (κ2) is 5.79. The van der Waals surface area contributed by atoms with Gasteiger partial charge in [0.2, 0.25) is 5.82 Å². The summed E-state index contributed by atoms with van der Waals surface area (Å²) in [6.45, 7) is 0.697. The SMILES string of the molecule is Brc1cncc(CNc2cccc(-c3nn[nH]n3)c2)c1. The van der Waals surface area contributed by atoms with E-state index in [-0.39, 0.29) is 0 Å². The maximum Gasteiger partial charge on any atom is 0.204 e. The second-order valence-electron chi connectivity index (χ2n) is 4.18. The number of halogens is 1. The van der Waals surface area contributed by atoms with E-state index < -0.39 is 0 Å². The van der Waals surface area contributed by atoms with Crippen LogP contribution in [-0.4, -0.2) is 25.6 Å². The number of hydrogen-bond donors (Lipinski definition) is 2. The first-order valence-electron chi connectivity index (χ1n) is 5.98. The van der Waals surface area contributed by atoms with Crippen molar-refractivity contribution in [3.8, 4) is 11.4 Å². The van der Waals surface area contributed by atoms with E-state index in [4.69, 9.17) is 0 Å². The molecular formula is C13H11BrN6. The maximum absolute atomic E-state index is 4.14. The average molecular weight is 331 g/mol. The van der Waals surface area contributed by atoms with Gasteiger partial charge in [0.15, 0.2) is 0 Å². The third-order valence-corrected chi connectivity index (χ3v) is 3.16. The first kappa shape index (κ1) is 12.7. The molecule has 2 heterocycles. The third-order valence-electron chi connectivity index (χ3n) is 2.72. The van der Waals surface area contributed by atoms with Crippen LogP contribution in [0.4, 0.5) is 5.69 Å². The molecular weight excluding hydrogens is 320 g/mol. The summed E-state index contributed by atoms with van der Waals surface area (Å²) in [5.41, 5.74) is 3.01. The van der Waals surface area contributed by atoms with Crippen molar-refractivity contribution in [2.24, 2.45) is 0 Å². The molecule has 3 rings (SSSR count). The number of hydrogen-bond acceptors (Lipinski definition) is 5. The van der Waals surface area contributed by atoms with Crippen molar-refractivity contribution in [2.75, 3.05) is 5.32 Å². The molecule has 100 valence electrons. The molecule has 0 bridgehead atoms. The molecule has 0 aliphatic rings. The van der Waals surface area contributed by atoms with E-state index in [1.54, 1.807) is 6.20 Å². The minimum absolute atomic E-state index is 0.581. The minimum Gasteiger partial charge on any atom is -0.381 e. The molecule has 0 radical (unpaired) electrons. The minimum atomic E-state index is 0.581. The molecule has 20 heavy (non-hydrogen) atoms. The van der Waals surface area contributed by atoms with Crippen molar-refractivity contribution in [1.29, 1.82) is 0 Å². The molecule has 0 aliphatic heterocycles. The fourth-order valence-electron chi connectivity index (χ4n) is 1.81. The van der Waals surface area contributed by atoms with Crippen LogP contribution >= 0.6 is 15.9 Å². The fourth-order valence-corrected chi connectivity index (χ4v) is 2.22. The summed E-state index contributed by atoms with van der Waals surface area (Å²) < 4.78 is 0.970. The van der Waals surface area contributed by atoms with E-state index in [0.29, 0.717) is 12.4 Å². The Labute approximate surface area is 123 Å². The monoisotopic (exact) mass is 330 g/mol. The third kappa shape index (κ3) is 3.00. The van der Waals surface area contributed by atoms with Gasteiger partial charge < -0.3 is 5.32 Å². The first-order chi connectivity index (χ1) is 9.81. The molecule has 0 unspecified atom stereocenters. The first-order valence-corrected chi connectivity index (χ1v) is 6.78. The molecule has 0 saturated heterocycles. The van der Waals surface area contributed by atoms with Gasteiger partial charge in [-0.25, -0.2) is 0 Å². The molecule has 2 N–H and O–H groups in total. The highest BCUT2D eigenvalue weighted by atomic mass is 79.9. The average Bonchev–Trinajstić information content (AvgIpc) is 3.00. The molecule has 0 atom stereocenters. The Morgan fingerprint density at radius 2 is 2.15 bits per heavy atom. The smallest absolute Gasteiger partial charge is 0.204 e. The zero-order valence-corrected chi connectivity index (χ0v) is 12.0. The number of aromatic nitrogens is 5. The number of aromatic amines is 1. The van der Waals surface area contributed by atoms with E-state index >= 15 is 0 Å². The van der Waals surface area contributed by atoms with Gasteiger partial charge in [0.25, 0.3) is 0 Å². The van der Waals surface area contributed by atoms with Gasteiger partial charge >= 0.3 is 0 Å². The highest BCUT2D eigenvalue weighted by Crippen LogP contribution is 2.19. The quantitative estimate of drug-likeness (QED) is 0.768. The number of H-pyrrole nitrogens is 1. The van der Waals surface area contributed by atoms with Crippen molar-refractivity contribution in [2.45, 2.75) is 6.54 Å². The molecule has 6 nitrogen and oxygen atoms in total. The van der Waals surface area contributed by atoms with Crippen molar-refractivity contribution in [3.05, 3.63) is 52.8 Å². The maximum atomic E-state index is 4.14. The highest BCUT2D eigenvalue weighted by molar-refractivity contribution is 9.10. The van der Waals surface area contributed by atoms with Crippen LogP contribution in [0.25, 0.3) is 11.4 Å². The van der Waals surface area contributed by atoms with Gasteiger partial charge in [-0.1, -0.05) is 12.1 Å². The fraction of sp³-hybridized carbons (Fsp3) is 0.0769. The lowest BCUT2D eigenvalue weighted by Crippen LogP contribution is -2.00. The largest absolute Gasteiger partial charge is 0.381 e. The highest BCUT2D eigenvalue weighted by Gasteiger charge is 2.03. The molecule has 0 spiro atoms. The Morgan fingerprint density at radius 1 is 1.20 bits per heavy atom. The Bertz CT molecular complexity index is 698. The van der Waals surface area contributed by atoms with Crippen LogP contribution in [-0.2, 0) is 6.54 Å². The number of rotatable bonds is 4. The van der Waals surface area contributed by atoms with Gasteiger partial charge in [0.1, 0.15) is 0 Å². The van der Waals surface area contributed by atoms with E-state index in [1.165, 1.54) is 0 Å². The van der Waals surface area contributed by atoms with Gasteiger partial charge in [0, 0.05) is 34.7 Å². The van der Waals surface area contributed by atoms with E-state index in [0.717, 1.165) is 21.3 Å².